The van der Waals surface area contributed by atoms with E-state index in [0.717, 1.165) is 11.3 Å². The molecule has 7 heteroatoms. The van der Waals surface area contributed by atoms with Gasteiger partial charge in [-0.25, -0.2) is 0 Å². The highest BCUT2D eigenvalue weighted by Gasteiger charge is 2.13. The molecule has 1 aromatic heterocycles. The number of halogens is 1. The third-order valence-corrected chi connectivity index (χ3v) is 5.29. The molecule has 5 nitrogen and oxygen atoms in total. The van der Waals surface area contributed by atoms with Gasteiger partial charge in [0.15, 0.2) is 0 Å². The van der Waals surface area contributed by atoms with Crippen molar-refractivity contribution < 1.29 is 14.3 Å². The van der Waals surface area contributed by atoms with Gasteiger partial charge in [0.2, 0.25) is 0 Å². The summed E-state index contributed by atoms with van der Waals surface area (Å²) in [4.78, 5) is 25.3. The average molecular weight is 415 g/mol. The fourth-order valence-corrected chi connectivity index (χ4v) is 3.46. The minimum absolute atomic E-state index is 0.238. The van der Waals surface area contributed by atoms with Crippen LogP contribution in [0.1, 0.15) is 25.6 Å². The summed E-state index contributed by atoms with van der Waals surface area (Å²) in [6.07, 6.45) is 0.644. The van der Waals surface area contributed by atoms with Gasteiger partial charge in [-0.3, -0.25) is 9.59 Å². The Morgan fingerprint density at radius 3 is 2.64 bits per heavy atom. The second-order valence-corrected chi connectivity index (χ2v) is 7.30. The maximum Gasteiger partial charge on any atom is 0.265 e. The molecule has 0 unspecified atom stereocenters. The van der Waals surface area contributed by atoms with E-state index in [4.69, 9.17) is 16.3 Å². The molecule has 0 aliphatic carbocycles. The zero-order valence-electron chi connectivity index (χ0n) is 15.2. The predicted octanol–water partition coefficient (Wildman–Crippen LogP) is 4.63. The van der Waals surface area contributed by atoms with Crippen LogP contribution in [0.4, 0.5) is 5.69 Å². The number of ether oxygens (including phenoxy) is 1. The van der Waals surface area contributed by atoms with Gasteiger partial charge in [-0.05, 0) is 47.7 Å². The Balaban J connectivity index is 1.63. The van der Waals surface area contributed by atoms with Gasteiger partial charge in [-0.15, -0.1) is 11.3 Å². The third kappa shape index (κ3) is 4.91. The summed E-state index contributed by atoms with van der Waals surface area (Å²) in [6, 6.07) is 16.0. The zero-order chi connectivity index (χ0) is 19.9. The van der Waals surface area contributed by atoms with Crippen LogP contribution < -0.4 is 15.4 Å². The van der Waals surface area contributed by atoms with Gasteiger partial charge in [-0.2, -0.15) is 0 Å². The zero-order valence-corrected chi connectivity index (χ0v) is 16.8. The van der Waals surface area contributed by atoms with Crippen LogP contribution in [0, 0.1) is 0 Å². The summed E-state index contributed by atoms with van der Waals surface area (Å²) in [5.74, 6) is 0.297. The molecule has 0 atom stereocenters. The van der Waals surface area contributed by atoms with E-state index in [2.05, 4.69) is 10.6 Å². The maximum absolute atomic E-state index is 12.5. The number of anilines is 1. The molecule has 28 heavy (non-hydrogen) atoms. The number of methoxy groups -OCH3 is 1. The molecule has 144 valence electrons. The number of carbonyl (C=O) groups excluding carboxylic acids is 2. The first-order valence-corrected chi connectivity index (χ1v) is 9.88. The summed E-state index contributed by atoms with van der Waals surface area (Å²) in [5.41, 5.74) is 1.84. The first-order chi connectivity index (χ1) is 13.6. The minimum atomic E-state index is -0.259. The summed E-state index contributed by atoms with van der Waals surface area (Å²) >= 11 is 7.50. The fraction of sp³-hybridized carbons (Fsp3) is 0.143. The summed E-state index contributed by atoms with van der Waals surface area (Å²) in [7, 11) is 1.62. The first-order valence-electron chi connectivity index (χ1n) is 8.63. The van der Waals surface area contributed by atoms with Crippen LogP contribution in [0.25, 0.3) is 0 Å². The number of hydrogen-bond acceptors (Lipinski definition) is 4. The number of hydrogen-bond donors (Lipinski definition) is 2. The molecule has 0 bridgehead atoms. The highest BCUT2D eigenvalue weighted by molar-refractivity contribution is 7.12. The van der Waals surface area contributed by atoms with Gasteiger partial charge in [-0.1, -0.05) is 35.9 Å². The van der Waals surface area contributed by atoms with Crippen LogP contribution in [0.2, 0.25) is 5.02 Å². The SMILES string of the molecule is COc1ccccc1CCNC(=O)c1ccc(Cl)c(NC(=O)c2cccs2)c1. The van der Waals surface area contributed by atoms with E-state index < -0.39 is 0 Å². The van der Waals surface area contributed by atoms with Crippen LogP contribution >= 0.6 is 22.9 Å². The molecule has 0 spiro atoms. The van der Waals surface area contributed by atoms with Crippen molar-refractivity contribution in [1.29, 1.82) is 0 Å². The van der Waals surface area contributed by atoms with Crippen LogP contribution in [0.5, 0.6) is 5.75 Å². The lowest BCUT2D eigenvalue weighted by atomic mass is 10.1. The highest BCUT2D eigenvalue weighted by atomic mass is 35.5. The Morgan fingerprint density at radius 1 is 1.07 bits per heavy atom. The van der Waals surface area contributed by atoms with Crippen molar-refractivity contribution in [3.8, 4) is 5.75 Å². The number of nitrogens with one attached hydrogen (secondary N) is 2. The Labute approximate surface area is 172 Å². The van der Waals surface area contributed by atoms with E-state index in [9.17, 15) is 9.59 Å². The number of thiophene rings is 1. The highest BCUT2D eigenvalue weighted by Crippen LogP contribution is 2.24. The molecule has 3 aromatic rings. The monoisotopic (exact) mass is 414 g/mol. The van der Waals surface area contributed by atoms with Crippen molar-refractivity contribution in [1.82, 2.24) is 5.32 Å². The van der Waals surface area contributed by atoms with E-state index in [0.29, 0.717) is 34.1 Å². The van der Waals surface area contributed by atoms with E-state index in [1.807, 2.05) is 29.6 Å². The van der Waals surface area contributed by atoms with Crippen molar-refractivity contribution in [2.24, 2.45) is 0 Å². The second kappa shape index (κ2) is 9.39. The van der Waals surface area contributed by atoms with Crippen molar-refractivity contribution in [2.45, 2.75) is 6.42 Å². The standard InChI is InChI=1S/C21H19ClN2O3S/c1-27-18-6-3-2-5-14(18)10-11-23-20(25)15-8-9-16(22)17(13-15)24-21(26)19-7-4-12-28-19/h2-9,12-13H,10-11H2,1H3,(H,23,25)(H,24,26). The molecule has 0 saturated heterocycles. The van der Waals surface area contributed by atoms with Crippen LogP contribution in [-0.4, -0.2) is 25.5 Å². The molecule has 3 rings (SSSR count). The topological polar surface area (TPSA) is 67.4 Å². The van der Waals surface area contributed by atoms with Gasteiger partial charge >= 0.3 is 0 Å². The summed E-state index contributed by atoms with van der Waals surface area (Å²) in [5, 5.41) is 7.82. The number of amides is 2. The van der Waals surface area contributed by atoms with Crippen LogP contribution in [0.3, 0.4) is 0 Å². The van der Waals surface area contributed by atoms with Crippen molar-refractivity contribution >= 4 is 40.4 Å². The van der Waals surface area contributed by atoms with Crippen LogP contribution in [0.15, 0.2) is 60.0 Å². The molecule has 1 heterocycles. The van der Waals surface area contributed by atoms with Crippen LogP contribution in [-0.2, 0) is 6.42 Å². The summed E-state index contributed by atoms with van der Waals surface area (Å²) in [6.45, 7) is 0.457. The normalized spacial score (nSPS) is 10.4. The molecular weight excluding hydrogens is 396 g/mol. The molecule has 0 aliphatic heterocycles. The van der Waals surface area contributed by atoms with Crippen molar-refractivity contribution in [3.05, 3.63) is 81.0 Å². The molecule has 2 N–H and O–H groups in total. The third-order valence-electron chi connectivity index (χ3n) is 4.09. The lowest BCUT2D eigenvalue weighted by Gasteiger charge is -2.11. The lowest BCUT2D eigenvalue weighted by Crippen LogP contribution is -2.26. The van der Waals surface area contributed by atoms with E-state index >= 15 is 0 Å². The van der Waals surface area contributed by atoms with Gasteiger partial charge < -0.3 is 15.4 Å². The van der Waals surface area contributed by atoms with Crippen molar-refractivity contribution in [2.75, 3.05) is 19.0 Å². The van der Waals surface area contributed by atoms with Gasteiger partial charge in [0, 0.05) is 12.1 Å². The summed E-state index contributed by atoms with van der Waals surface area (Å²) < 4.78 is 5.32. The predicted molar refractivity (Wildman–Crippen MR) is 113 cm³/mol. The molecule has 0 aliphatic rings. The molecular formula is C21H19ClN2O3S. The fourth-order valence-electron chi connectivity index (χ4n) is 2.68. The van der Waals surface area contributed by atoms with E-state index in [1.165, 1.54) is 11.3 Å². The van der Waals surface area contributed by atoms with E-state index in [-0.39, 0.29) is 11.8 Å². The smallest absolute Gasteiger partial charge is 0.265 e. The molecule has 0 saturated carbocycles. The maximum atomic E-state index is 12.5. The van der Waals surface area contributed by atoms with Gasteiger partial charge in [0.1, 0.15) is 5.75 Å². The number of para-hydroxylation sites is 1. The molecule has 0 fully saturated rings. The Morgan fingerprint density at radius 2 is 1.89 bits per heavy atom. The average Bonchev–Trinajstić information content (AvgIpc) is 3.25. The number of benzene rings is 2. The first kappa shape index (κ1) is 19.9. The lowest BCUT2D eigenvalue weighted by molar-refractivity contribution is 0.0952. The Kier molecular flexibility index (Phi) is 6.68. The Hall–Kier alpha value is -2.83. The van der Waals surface area contributed by atoms with Gasteiger partial charge in [0.25, 0.3) is 11.8 Å². The number of carbonyl (C=O) groups is 2. The quantitative estimate of drug-likeness (QED) is 0.592. The van der Waals surface area contributed by atoms with Gasteiger partial charge in [0.05, 0.1) is 22.7 Å². The second-order valence-electron chi connectivity index (χ2n) is 5.94. The molecule has 2 amide bonds. The molecule has 2 aromatic carbocycles. The number of rotatable bonds is 7. The largest absolute Gasteiger partial charge is 0.496 e. The minimum Gasteiger partial charge on any atom is -0.496 e. The van der Waals surface area contributed by atoms with E-state index in [1.54, 1.807) is 37.4 Å². The molecule has 0 radical (unpaired) electrons. The van der Waals surface area contributed by atoms with Crippen molar-refractivity contribution in [3.63, 3.8) is 0 Å². The Bertz CT molecular complexity index is 974.